The van der Waals surface area contributed by atoms with Crippen LogP contribution in [-0.4, -0.2) is 61.0 Å². The monoisotopic (exact) mass is 354 g/mol. The van der Waals surface area contributed by atoms with E-state index in [4.69, 9.17) is 16.3 Å². The molecule has 0 aromatic heterocycles. The first-order valence-corrected chi connectivity index (χ1v) is 8.55. The second kappa shape index (κ2) is 7.49. The van der Waals surface area contributed by atoms with Gasteiger partial charge in [0.15, 0.2) is 0 Å². The number of piperidine rings is 1. The molecule has 0 atom stereocenters. The van der Waals surface area contributed by atoms with E-state index in [1.807, 2.05) is 4.90 Å². The Labute approximate surface area is 145 Å². The molecule has 2 aliphatic rings. The Hall–Kier alpha value is -1.66. The summed E-state index contributed by atoms with van der Waals surface area (Å²) in [4.78, 5) is 28.4. The SMILES string of the molecule is O=C(c1c(F)cccc1Cl)N1CCC(C(=O)N2CCOCC2)CC1. The van der Waals surface area contributed by atoms with E-state index in [2.05, 4.69) is 0 Å². The van der Waals surface area contributed by atoms with Gasteiger partial charge in [-0.15, -0.1) is 0 Å². The summed E-state index contributed by atoms with van der Waals surface area (Å²) in [5.41, 5.74) is -0.0860. The van der Waals surface area contributed by atoms with Gasteiger partial charge in [-0.1, -0.05) is 17.7 Å². The quantitative estimate of drug-likeness (QED) is 0.818. The molecule has 2 heterocycles. The summed E-state index contributed by atoms with van der Waals surface area (Å²) in [5, 5.41) is 0.117. The molecule has 24 heavy (non-hydrogen) atoms. The predicted octanol–water partition coefficient (Wildman–Crippen LogP) is 2.19. The van der Waals surface area contributed by atoms with Gasteiger partial charge >= 0.3 is 0 Å². The molecule has 3 rings (SSSR count). The minimum absolute atomic E-state index is 0.0803. The van der Waals surface area contributed by atoms with Crippen LogP contribution in [0.5, 0.6) is 0 Å². The smallest absolute Gasteiger partial charge is 0.258 e. The molecule has 0 N–H and O–H groups in total. The molecule has 0 unspecified atom stereocenters. The van der Waals surface area contributed by atoms with Gasteiger partial charge in [-0.2, -0.15) is 0 Å². The Kier molecular flexibility index (Phi) is 5.36. The molecular formula is C17H20ClFN2O3. The normalized spacial score (nSPS) is 19.4. The maximum Gasteiger partial charge on any atom is 0.258 e. The number of benzene rings is 1. The van der Waals surface area contributed by atoms with Gasteiger partial charge in [0.25, 0.3) is 5.91 Å². The van der Waals surface area contributed by atoms with Crippen molar-refractivity contribution in [3.63, 3.8) is 0 Å². The third-order valence-electron chi connectivity index (χ3n) is 4.63. The average molecular weight is 355 g/mol. The molecular weight excluding hydrogens is 335 g/mol. The Balaban J connectivity index is 1.60. The molecule has 5 nitrogen and oxygen atoms in total. The Morgan fingerprint density at radius 3 is 2.38 bits per heavy atom. The van der Waals surface area contributed by atoms with Crippen molar-refractivity contribution in [3.8, 4) is 0 Å². The van der Waals surface area contributed by atoms with Gasteiger partial charge in [0, 0.05) is 32.1 Å². The van der Waals surface area contributed by atoms with Crippen LogP contribution in [0.4, 0.5) is 4.39 Å². The van der Waals surface area contributed by atoms with Crippen LogP contribution in [-0.2, 0) is 9.53 Å². The molecule has 2 saturated heterocycles. The van der Waals surface area contributed by atoms with Gasteiger partial charge in [0.2, 0.25) is 5.91 Å². The summed E-state index contributed by atoms with van der Waals surface area (Å²) < 4.78 is 19.2. The highest BCUT2D eigenvalue weighted by atomic mass is 35.5. The first kappa shape index (κ1) is 17.2. The van der Waals surface area contributed by atoms with Crippen LogP contribution < -0.4 is 0 Å². The van der Waals surface area contributed by atoms with Gasteiger partial charge in [-0.3, -0.25) is 9.59 Å². The highest BCUT2D eigenvalue weighted by Crippen LogP contribution is 2.25. The van der Waals surface area contributed by atoms with E-state index in [1.165, 1.54) is 18.2 Å². The van der Waals surface area contributed by atoms with Crippen molar-refractivity contribution in [1.29, 1.82) is 0 Å². The lowest BCUT2D eigenvalue weighted by atomic mass is 9.94. The van der Waals surface area contributed by atoms with Crippen LogP contribution in [0.3, 0.4) is 0 Å². The molecule has 2 amide bonds. The average Bonchev–Trinajstić information content (AvgIpc) is 2.62. The lowest BCUT2D eigenvalue weighted by molar-refractivity contribution is -0.141. The molecule has 2 fully saturated rings. The summed E-state index contributed by atoms with van der Waals surface area (Å²) >= 11 is 5.96. The number of morpholine rings is 1. The molecule has 0 bridgehead atoms. The van der Waals surface area contributed by atoms with Crippen molar-refractivity contribution >= 4 is 23.4 Å². The number of halogens is 2. The lowest BCUT2D eigenvalue weighted by Crippen LogP contribution is -2.47. The topological polar surface area (TPSA) is 49.9 Å². The minimum atomic E-state index is -0.612. The van der Waals surface area contributed by atoms with Gasteiger partial charge < -0.3 is 14.5 Å². The number of carbonyl (C=O) groups is 2. The van der Waals surface area contributed by atoms with Crippen LogP contribution in [0, 0.1) is 11.7 Å². The summed E-state index contributed by atoms with van der Waals surface area (Å²) in [6.07, 6.45) is 1.18. The van der Waals surface area contributed by atoms with Crippen LogP contribution in [0.15, 0.2) is 18.2 Å². The number of likely N-dealkylation sites (tertiary alicyclic amines) is 1. The summed E-state index contributed by atoms with van der Waals surface area (Å²) in [6.45, 7) is 3.28. The highest BCUT2D eigenvalue weighted by molar-refractivity contribution is 6.33. The van der Waals surface area contributed by atoms with Gasteiger partial charge in [0.05, 0.1) is 23.8 Å². The zero-order valence-electron chi connectivity index (χ0n) is 13.3. The van der Waals surface area contributed by atoms with E-state index in [-0.39, 0.29) is 22.4 Å². The van der Waals surface area contributed by atoms with Crippen LogP contribution in [0.2, 0.25) is 5.02 Å². The molecule has 1 aromatic rings. The highest BCUT2D eigenvalue weighted by Gasteiger charge is 2.32. The zero-order chi connectivity index (χ0) is 17.1. The van der Waals surface area contributed by atoms with E-state index in [0.29, 0.717) is 52.2 Å². The summed E-state index contributed by atoms with van der Waals surface area (Å²) in [6, 6.07) is 4.21. The maximum absolute atomic E-state index is 13.9. The van der Waals surface area contributed by atoms with Crippen molar-refractivity contribution in [2.45, 2.75) is 12.8 Å². The lowest BCUT2D eigenvalue weighted by Gasteiger charge is -2.35. The van der Waals surface area contributed by atoms with E-state index < -0.39 is 11.7 Å². The molecule has 7 heteroatoms. The number of nitrogens with zero attached hydrogens (tertiary/aromatic N) is 2. The largest absolute Gasteiger partial charge is 0.378 e. The van der Waals surface area contributed by atoms with E-state index >= 15 is 0 Å². The second-order valence-corrected chi connectivity index (χ2v) is 6.51. The van der Waals surface area contributed by atoms with Crippen molar-refractivity contribution in [2.75, 3.05) is 39.4 Å². The van der Waals surface area contributed by atoms with Crippen molar-refractivity contribution in [1.82, 2.24) is 9.80 Å². The van der Waals surface area contributed by atoms with Crippen LogP contribution in [0.1, 0.15) is 23.2 Å². The second-order valence-electron chi connectivity index (χ2n) is 6.10. The molecule has 2 aliphatic heterocycles. The number of carbonyl (C=O) groups excluding carboxylic acids is 2. The number of amides is 2. The Bertz CT molecular complexity index is 606. The number of hydrogen-bond acceptors (Lipinski definition) is 3. The number of ether oxygens (including phenoxy) is 1. The maximum atomic E-state index is 13.9. The zero-order valence-corrected chi connectivity index (χ0v) is 14.1. The van der Waals surface area contributed by atoms with Crippen molar-refractivity contribution < 1.29 is 18.7 Å². The van der Waals surface area contributed by atoms with Crippen LogP contribution >= 0.6 is 11.6 Å². The van der Waals surface area contributed by atoms with E-state index in [0.717, 1.165) is 0 Å². The fraction of sp³-hybridized carbons (Fsp3) is 0.529. The predicted molar refractivity (Wildman–Crippen MR) is 87.4 cm³/mol. The third-order valence-corrected chi connectivity index (χ3v) is 4.95. The summed E-state index contributed by atoms with van der Waals surface area (Å²) in [7, 11) is 0. The van der Waals surface area contributed by atoms with Crippen LogP contribution in [0.25, 0.3) is 0 Å². The van der Waals surface area contributed by atoms with E-state index in [9.17, 15) is 14.0 Å². The molecule has 0 spiro atoms. The number of hydrogen-bond donors (Lipinski definition) is 0. The van der Waals surface area contributed by atoms with Crippen molar-refractivity contribution in [3.05, 3.63) is 34.6 Å². The van der Waals surface area contributed by atoms with Gasteiger partial charge in [-0.25, -0.2) is 4.39 Å². The minimum Gasteiger partial charge on any atom is -0.378 e. The first-order chi connectivity index (χ1) is 11.6. The van der Waals surface area contributed by atoms with E-state index in [1.54, 1.807) is 4.90 Å². The Morgan fingerprint density at radius 1 is 1.08 bits per heavy atom. The fourth-order valence-corrected chi connectivity index (χ4v) is 3.48. The number of rotatable bonds is 2. The fourth-order valence-electron chi connectivity index (χ4n) is 3.23. The molecule has 130 valence electrons. The Morgan fingerprint density at radius 2 is 1.75 bits per heavy atom. The standard InChI is InChI=1S/C17H20ClFN2O3/c18-13-2-1-3-14(19)15(13)17(23)20-6-4-12(5-7-20)16(22)21-8-10-24-11-9-21/h1-3,12H,4-11H2. The van der Waals surface area contributed by atoms with Crippen molar-refractivity contribution in [2.24, 2.45) is 5.92 Å². The molecule has 0 saturated carbocycles. The first-order valence-electron chi connectivity index (χ1n) is 8.17. The van der Waals surface area contributed by atoms with Gasteiger partial charge in [0.1, 0.15) is 5.82 Å². The third kappa shape index (κ3) is 3.54. The molecule has 0 radical (unpaired) electrons. The summed E-state index contributed by atoms with van der Waals surface area (Å²) in [5.74, 6) is -0.966. The van der Waals surface area contributed by atoms with Gasteiger partial charge in [-0.05, 0) is 25.0 Å². The molecule has 1 aromatic carbocycles. The molecule has 0 aliphatic carbocycles.